The van der Waals surface area contributed by atoms with Crippen LogP contribution in [0.3, 0.4) is 0 Å². The molecule has 2 heterocycles. The Balaban J connectivity index is 2.44. The van der Waals surface area contributed by atoms with Gasteiger partial charge in [-0.05, 0) is 25.8 Å². The van der Waals surface area contributed by atoms with Gasteiger partial charge in [-0.1, -0.05) is 0 Å². The van der Waals surface area contributed by atoms with Crippen LogP contribution in [0.5, 0.6) is 0 Å². The molecule has 15 heavy (non-hydrogen) atoms. The zero-order chi connectivity index (χ0) is 10.8. The molecule has 1 aromatic rings. The summed E-state index contributed by atoms with van der Waals surface area (Å²) in [6.07, 6.45) is 3.62. The number of aromatic carboxylic acids is 1. The maximum absolute atomic E-state index is 11.0. The van der Waals surface area contributed by atoms with Crippen LogP contribution in [0.2, 0.25) is 0 Å². The Morgan fingerprint density at radius 2 is 2.33 bits per heavy atom. The second kappa shape index (κ2) is 4.02. The van der Waals surface area contributed by atoms with Gasteiger partial charge < -0.3 is 15.4 Å². The fourth-order valence-corrected chi connectivity index (χ4v) is 2.11. The summed E-state index contributed by atoms with van der Waals surface area (Å²) >= 11 is 0. The van der Waals surface area contributed by atoms with Gasteiger partial charge in [0.15, 0.2) is 5.69 Å². The highest BCUT2D eigenvalue weighted by Crippen LogP contribution is 2.21. The van der Waals surface area contributed by atoms with E-state index in [0.717, 1.165) is 37.3 Å². The van der Waals surface area contributed by atoms with Crippen molar-refractivity contribution in [1.82, 2.24) is 9.55 Å². The molecule has 1 aliphatic rings. The first-order valence-electron chi connectivity index (χ1n) is 5.25. The molecule has 0 atom stereocenters. The van der Waals surface area contributed by atoms with Gasteiger partial charge in [0.1, 0.15) is 5.82 Å². The lowest BCUT2D eigenvalue weighted by Gasteiger charge is -2.16. The van der Waals surface area contributed by atoms with E-state index >= 15 is 0 Å². The molecule has 2 rings (SSSR count). The van der Waals surface area contributed by atoms with Crippen LogP contribution >= 0.6 is 0 Å². The van der Waals surface area contributed by atoms with Gasteiger partial charge in [-0.2, -0.15) is 0 Å². The number of fused-ring (bicyclic) bond motifs is 1. The average Bonchev–Trinajstić information content (AvgIpc) is 2.59. The second-order valence-electron chi connectivity index (χ2n) is 3.78. The molecule has 1 aliphatic heterocycles. The molecule has 1 aromatic heterocycles. The summed E-state index contributed by atoms with van der Waals surface area (Å²) in [4.78, 5) is 15.1. The number of hydrogen-bond acceptors (Lipinski definition) is 3. The molecule has 0 bridgehead atoms. The topological polar surface area (TPSA) is 81.1 Å². The number of carbonyl (C=O) groups is 1. The van der Waals surface area contributed by atoms with E-state index in [9.17, 15) is 4.79 Å². The molecular formula is C10H15N3O2. The Labute approximate surface area is 87.9 Å². The predicted octanol–water partition coefficient (Wildman–Crippen LogP) is 0.419. The minimum Gasteiger partial charge on any atom is -0.476 e. The molecule has 5 nitrogen and oxygen atoms in total. The van der Waals surface area contributed by atoms with Crippen LogP contribution in [0.15, 0.2) is 0 Å². The van der Waals surface area contributed by atoms with E-state index in [2.05, 4.69) is 4.98 Å². The largest absolute Gasteiger partial charge is 0.476 e. The smallest absolute Gasteiger partial charge is 0.356 e. The fraction of sp³-hybridized carbons (Fsp3) is 0.600. The van der Waals surface area contributed by atoms with Crippen LogP contribution in [0.1, 0.15) is 34.8 Å². The van der Waals surface area contributed by atoms with Crippen molar-refractivity contribution in [2.75, 3.05) is 6.54 Å². The first kappa shape index (κ1) is 10.2. The second-order valence-corrected chi connectivity index (χ2v) is 3.78. The third-order valence-electron chi connectivity index (χ3n) is 2.77. The lowest BCUT2D eigenvalue weighted by molar-refractivity contribution is 0.0689. The number of nitrogens with zero attached hydrogens (tertiary/aromatic N) is 2. The summed E-state index contributed by atoms with van der Waals surface area (Å²) in [5.74, 6) is -0.103. The lowest BCUT2D eigenvalue weighted by atomic mass is 10.1. The summed E-state index contributed by atoms with van der Waals surface area (Å²) < 4.78 is 2.03. The van der Waals surface area contributed by atoms with Crippen LogP contribution in [0.25, 0.3) is 0 Å². The number of rotatable bonds is 3. The quantitative estimate of drug-likeness (QED) is 0.755. The third-order valence-corrected chi connectivity index (χ3v) is 2.77. The molecule has 0 aromatic carbocycles. The fourth-order valence-electron chi connectivity index (χ4n) is 2.11. The van der Waals surface area contributed by atoms with Crippen molar-refractivity contribution in [3.8, 4) is 0 Å². The van der Waals surface area contributed by atoms with Crippen molar-refractivity contribution in [3.05, 3.63) is 17.2 Å². The van der Waals surface area contributed by atoms with Crippen molar-refractivity contribution in [1.29, 1.82) is 0 Å². The molecular weight excluding hydrogens is 194 g/mol. The Morgan fingerprint density at radius 1 is 1.53 bits per heavy atom. The molecule has 0 saturated carbocycles. The van der Waals surface area contributed by atoms with Crippen molar-refractivity contribution < 1.29 is 9.90 Å². The molecule has 0 radical (unpaired) electrons. The van der Waals surface area contributed by atoms with E-state index < -0.39 is 5.97 Å². The minimum atomic E-state index is -0.927. The lowest BCUT2D eigenvalue weighted by Crippen LogP contribution is -2.16. The van der Waals surface area contributed by atoms with Crippen molar-refractivity contribution in [2.24, 2.45) is 5.73 Å². The van der Waals surface area contributed by atoms with Gasteiger partial charge >= 0.3 is 5.97 Å². The normalized spacial score (nSPS) is 15.0. The van der Waals surface area contributed by atoms with Crippen LogP contribution < -0.4 is 5.73 Å². The SMILES string of the molecule is NCCc1nc(C(=O)O)c2n1CCCC2. The number of hydrogen-bond donors (Lipinski definition) is 2. The van der Waals surface area contributed by atoms with E-state index in [1.165, 1.54) is 0 Å². The summed E-state index contributed by atoms with van der Waals surface area (Å²) in [5, 5.41) is 9.02. The van der Waals surface area contributed by atoms with Crippen LogP contribution in [0.4, 0.5) is 0 Å². The van der Waals surface area contributed by atoms with Gasteiger partial charge in [0.05, 0.1) is 5.69 Å². The highest BCUT2D eigenvalue weighted by molar-refractivity contribution is 5.86. The zero-order valence-corrected chi connectivity index (χ0v) is 8.57. The molecule has 5 heteroatoms. The zero-order valence-electron chi connectivity index (χ0n) is 8.57. The average molecular weight is 209 g/mol. The van der Waals surface area contributed by atoms with E-state index in [-0.39, 0.29) is 5.69 Å². The van der Waals surface area contributed by atoms with E-state index in [1.807, 2.05) is 4.57 Å². The molecule has 82 valence electrons. The Kier molecular flexibility index (Phi) is 2.73. The number of carboxylic acid groups (broad SMARTS) is 1. The van der Waals surface area contributed by atoms with Crippen LogP contribution in [-0.4, -0.2) is 27.2 Å². The third kappa shape index (κ3) is 1.74. The Bertz CT molecular complexity index is 384. The molecule has 0 amide bonds. The van der Waals surface area contributed by atoms with E-state index in [1.54, 1.807) is 0 Å². The first-order chi connectivity index (χ1) is 7.24. The van der Waals surface area contributed by atoms with Gasteiger partial charge in [-0.25, -0.2) is 9.78 Å². The summed E-state index contributed by atoms with van der Waals surface area (Å²) in [7, 11) is 0. The number of nitrogens with two attached hydrogens (primary N) is 1. The number of imidazole rings is 1. The minimum absolute atomic E-state index is 0.221. The molecule has 0 spiro atoms. The van der Waals surface area contributed by atoms with Crippen molar-refractivity contribution >= 4 is 5.97 Å². The molecule has 0 fully saturated rings. The van der Waals surface area contributed by atoms with Gasteiger partial charge in [0.2, 0.25) is 0 Å². The van der Waals surface area contributed by atoms with Gasteiger partial charge in [-0.15, -0.1) is 0 Å². The van der Waals surface area contributed by atoms with Gasteiger partial charge in [0, 0.05) is 13.0 Å². The van der Waals surface area contributed by atoms with Crippen LogP contribution in [0, 0.1) is 0 Å². The summed E-state index contributed by atoms with van der Waals surface area (Å²) in [5.41, 5.74) is 6.57. The molecule has 0 aliphatic carbocycles. The summed E-state index contributed by atoms with van der Waals surface area (Å²) in [6, 6.07) is 0. The van der Waals surface area contributed by atoms with Crippen LogP contribution in [-0.2, 0) is 19.4 Å². The highest BCUT2D eigenvalue weighted by Gasteiger charge is 2.23. The maximum atomic E-state index is 11.0. The highest BCUT2D eigenvalue weighted by atomic mass is 16.4. The van der Waals surface area contributed by atoms with E-state index in [4.69, 9.17) is 10.8 Å². The van der Waals surface area contributed by atoms with E-state index in [0.29, 0.717) is 13.0 Å². The first-order valence-corrected chi connectivity index (χ1v) is 5.25. The summed E-state index contributed by atoms with van der Waals surface area (Å²) in [6.45, 7) is 1.39. The van der Waals surface area contributed by atoms with Gasteiger partial charge in [0.25, 0.3) is 0 Å². The standard InChI is InChI=1S/C10H15N3O2/c11-5-4-8-12-9(10(14)15)7-3-1-2-6-13(7)8/h1-6,11H2,(H,14,15). The Morgan fingerprint density at radius 3 is 3.00 bits per heavy atom. The molecule has 0 saturated heterocycles. The van der Waals surface area contributed by atoms with Crippen molar-refractivity contribution in [2.45, 2.75) is 32.2 Å². The number of aromatic nitrogens is 2. The monoisotopic (exact) mass is 209 g/mol. The number of carboxylic acids is 1. The predicted molar refractivity (Wildman–Crippen MR) is 54.9 cm³/mol. The molecule has 0 unspecified atom stereocenters. The van der Waals surface area contributed by atoms with Crippen molar-refractivity contribution in [3.63, 3.8) is 0 Å². The Hall–Kier alpha value is -1.36. The maximum Gasteiger partial charge on any atom is 0.356 e. The molecule has 3 N–H and O–H groups in total. The van der Waals surface area contributed by atoms with Gasteiger partial charge in [-0.3, -0.25) is 0 Å².